The molecule has 2 saturated heterocycles. The van der Waals surface area contributed by atoms with E-state index in [2.05, 4.69) is 20.2 Å². The number of hydrogen-bond acceptors (Lipinski definition) is 7. The molecule has 2 aliphatic heterocycles. The van der Waals surface area contributed by atoms with Gasteiger partial charge in [0.05, 0.1) is 25.5 Å². The van der Waals surface area contributed by atoms with Crippen LogP contribution in [0.25, 0.3) is 11.3 Å². The Hall–Kier alpha value is -2.22. The molecular weight excluding hydrogens is 404 g/mol. The summed E-state index contributed by atoms with van der Waals surface area (Å²) in [5, 5.41) is 4.08. The molecule has 1 aromatic carbocycles. The number of likely N-dealkylation sites (tertiary alicyclic amines) is 1. The molecule has 2 aromatic rings. The van der Waals surface area contributed by atoms with Crippen LogP contribution in [0.5, 0.6) is 5.75 Å². The summed E-state index contributed by atoms with van der Waals surface area (Å²) in [6, 6.07) is 7.55. The highest BCUT2D eigenvalue weighted by Crippen LogP contribution is 2.32. The number of nitrogens with one attached hydrogen (secondary N) is 1. The van der Waals surface area contributed by atoms with Crippen molar-refractivity contribution in [2.75, 3.05) is 38.7 Å². The number of benzene rings is 1. The molecule has 0 spiro atoms. The molecule has 0 saturated carbocycles. The van der Waals surface area contributed by atoms with Gasteiger partial charge < -0.3 is 19.6 Å². The van der Waals surface area contributed by atoms with Crippen LogP contribution in [-0.2, 0) is 9.53 Å². The van der Waals surface area contributed by atoms with E-state index in [1.807, 2.05) is 18.2 Å². The molecule has 160 valence electrons. The van der Waals surface area contributed by atoms with Crippen molar-refractivity contribution in [3.8, 4) is 17.0 Å². The summed E-state index contributed by atoms with van der Waals surface area (Å²) in [7, 11) is 1.63. The van der Waals surface area contributed by atoms with Crippen LogP contribution in [-0.4, -0.2) is 66.7 Å². The van der Waals surface area contributed by atoms with Gasteiger partial charge in [-0.3, -0.25) is 4.90 Å². The van der Waals surface area contributed by atoms with E-state index < -0.39 is 0 Å². The number of nitrogens with zero attached hydrogens (tertiary/aromatic N) is 3. The van der Waals surface area contributed by atoms with Crippen LogP contribution in [0.3, 0.4) is 0 Å². The number of aldehydes is 1. The average molecular weight is 431 g/mol. The first-order valence-corrected chi connectivity index (χ1v) is 10.8. The van der Waals surface area contributed by atoms with Gasteiger partial charge in [-0.05, 0) is 43.5 Å². The van der Waals surface area contributed by atoms with E-state index in [0.29, 0.717) is 29.2 Å². The van der Waals surface area contributed by atoms with E-state index in [9.17, 15) is 4.79 Å². The number of piperidine rings is 1. The minimum absolute atomic E-state index is 0.0386. The predicted octanol–water partition coefficient (Wildman–Crippen LogP) is 3.29. The summed E-state index contributed by atoms with van der Waals surface area (Å²) in [6.45, 7) is 3.20. The zero-order valence-corrected chi connectivity index (χ0v) is 17.8. The quantitative estimate of drug-likeness (QED) is 0.675. The highest BCUT2D eigenvalue weighted by atomic mass is 35.5. The number of ether oxygens (including phenoxy) is 2. The number of carbonyl (C=O) groups is 1. The van der Waals surface area contributed by atoms with Crippen molar-refractivity contribution in [2.45, 2.75) is 31.3 Å². The second-order valence-electron chi connectivity index (χ2n) is 7.82. The molecule has 2 aliphatic rings. The van der Waals surface area contributed by atoms with Crippen molar-refractivity contribution in [3.63, 3.8) is 0 Å². The van der Waals surface area contributed by atoms with Crippen LogP contribution >= 0.6 is 11.6 Å². The number of rotatable bonds is 7. The molecule has 0 aliphatic carbocycles. The highest BCUT2D eigenvalue weighted by molar-refractivity contribution is 6.30. The highest BCUT2D eigenvalue weighted by Gasteiger charge is 2.32. The fourth-order valence-electron chi connectivity index (χ4n) is 4.30. The zero-order chi connectivity index (χ0) is 20.9. The summed E-state index contributed by atoms with van der Waals surface area (Å²) in [5.74, 6) is 1.62. The Labute approximate surface area is 181 Å². The number of halogens is 1. The lowest BCUT2D eigenvalue weighted by Crippen LogP contribution is -2.48. The van der Waals surface area contributed by atoms with Crippen molar-refractivity contribution in [1.82, 2.24) is 14.9 Å². The minimum atomic E-state index is -0.0386. The summed E-state index contributed by atoms with van der Waals surface area (Å²) in [6.07, 6.45) is 5.67. The Kier molecular flexibility index (Phi) is 6.82. The van der Waals surface area contributed by atoms with E-state index in [1.54, 1.807) is 19.4 Å². The van der Waals surface area contributed by atoms with Gasteiger partial charge in [0.2, 0.25) is 5.95 Å². The molecule has 8 heteroatoms. The van der Waals surface area contributed by atoms with Gasteiger partial charge in [-0.15, -0.1) is 0 Å². The van der Waals surface area contributed by atoms with Gasteiger partial charge in [0, 0.05) is 48.4 Å². The van der Waals surface area contributed by atoms with Crippen LogP contribution in [0, 0.1) is 5.92 Å². The lowest BCUT2D eigenvalue weighted by Gasteiger charge is -2.37. The van der Waals surface area contributed by atoms with Gasteiger partial charge in [-0.25, -0.2) is 9.97 Å². The molecule has 1 aromatic heterocycles. The topological polar surface area (TPSA) is 76.6 Å². The van der Waals surface area contributed by atoms with Gasteiger partial charge in [0.15, 0.2) is 0 Å². The summed E-state index contributed by atoms with van der Waals surface area (Å²) in [4.78, 5) is 23.0. The second kappa shape index (κ2) is 9.73. The molecule has 4 rings (SSSR count). The summed E-state index contributed by atoms with van der Waals surface area (Å²) >= 11 is 6.17. The van der Waals surface area contributed by atoms with Crippen molar-refractivity contribution in [2.24, 2.45) is 5.92 Å². The fourth-order valence-corrected chi connectivity index (χ4v) is 4.47. The minimum Gasteiger partial charge on any atom is -0.496 e. The molecule has 0 bridgehead atoms. The van der Waals surface area contributed by atoms with E-state index in [1.165, 1.54) is 0 Å². The molecule has 2 atom stereocenters. The normalized spacial score (nSPS) is 21.3. The number of anilines is 1. The van der Waals surface area contributed by atoms with Crippen LogP contribution in [0.15, 0.2) is 30.5 Å². The van der Waals surface area contributed by atoms with Crippen molar-refractivity contribution >= 4 is 23.8 Å². The number of hydrogen-bond donors (Lipinski definition) is 1. The van der Waals surface area contributed by atoms with Gasteiger partial charge in [0.1, 0.15) is 12.0 Å². The predicted molar refractivity (Wildman–Crippen MR) is 116 cm³/mol. The molecule has 2 fully saturated rings. The maximum atomic E-state index is 11.7. The first-order chi connectivity index (χ1) is 14.7. The number of aromatic nitrogens is 2. The van der Waals surface area contributed by atoms with Crippen LogP contribution in [0.1, 0.15) is 19.3 Å². The van der Waals surface area contributed by atoms with E-state index in [4.69, 9.17) is 21.1 Å². The Balaban J connectivity index is 1.40. The molecule has 7 nitrogen and oxygen atoms in total. The van der Waals surface area contributed by atoms with Gasteiger partial charge in [-0.1, -0.05) is 11.6 Å². The first kappa shape index (κ1) is 21.0. The Morgan fingerprint density at radius 3 is 2.83 bits per heavy atom. The first-order valence-electron chi connectivity index (χ1n) is 10.4. The van der Waals surface area contributed by atoms with Crippen LogP contribution in [0.4, 0.5) is 5.95 Å². The average Bonchev–Trinajstić information content (AvgIpc) is 3.30. The second-order valence-corrected chi connectivity index (χ2v) is 8.25. The molecule has 0 amide bonds. The van der Waals surface area contributed by atoms with Crippen LogP contribution < -0.4 is 10.1 Å². The van der Waals surface area contributed by atoms with Gasteiger partial charge in [-0.2, -0.15) is 0 Å². The molecule has 3 heterocycles. The van der Waals surface area contributed by atoms with Crippen molar-refractivity contribution in [1.29, 1.82) is 0 Å². The lowest BCUT2D eigenvalue weighted by molar-refractivity contribution is -0.114. The molecular formula is C22H27ClN4O3. The molecule has 0 radical (unpaired) electrons. The summed E-state index contributed by atoms with van der Waals surface area (Å²) < 4.78 is 10.9. The lowest BCUT2D eigenvalue weighted by atomic mass is 9.95. The Bertz CT molecular complexity index is 867. The van der Waals surface area contributed by atoms with E-state index in [-0.39, 0.29) is 12.1 Å². The maximum Gasteiger partial charge on any atom is 0.223 e. The van der Waals surface area contributed by atoms with Gasteiger partial charge >= 0.3 is 0 Å². The third-order valence-electron chi connectivity index (χ3n) is 5.96. The number of methoxy groups -OCH3 is 1. The Morgan fingerprint density at radius 2 is 2.13 bits per heavy atom. The van der Waals surface area contributed by atoms with E-state index in [0.717, 1.165) is 56.5 Å². The standard InChI is InChI=1S/C22H27ClN4O3/c1-29-21-3-2-16(23)12-18(21)19-4-8-24-22(26-19)25-17-5-9-27(10-6-17)20(13-28)15-7-11-30-14-15/h2-4,8,12-13,15,17,20H,5-7,9-11,14H2,1H3,(H,24,25,26). The van der Waals surface area contributed by atoms with Gasteiger partial charge in [0.25, 0.3) is 0 Å². The smallest absolute Gasteiger partial charge is 0.223 e. The Morgan fingerprint density at radius 1 is 1.30 bits per heavy atom. The SMILES string of the molecule is COc1ccc(Cl)cc1-c1ccnc(NC2CCN(C(C=O)C3CCOC3)CC2)n1. The van der Waals surface area contributed by atoms with Crippen LogP contribution in [0.2, 0.25) is 5.02 Å². The van der Waals surface area contributed by atoms with E-state index >= 15 is 0 Å². The maximum absolute atomic E-state index is 11.7. The fraction of sp³-hybridized carbons (Fsp3) is 0.500. The molecule has 1 N–H and O–H groups in total. The third kappa shape index (κ3) is 4.74. The van der Waals surface area contributed by atoms with Crippen molar-refractivity contribution in [3.05, 3.63) is 35.5 Å². The summed E-state index contributed by atoms with van der Waals surface area (Å²) in [5.41, 5.74) is 1.59. The monoisotopic (exact) mass is 430 g/mol. The largest absolute Gasteiger partial charge is 0.496 e. The third-order valence-corrected chi connectivity index (χ3v) is 6.20. The molecule has 2 unspecified atom stereocenters. The van der Waals surface area contributed by atoms with Crippen molar-refractivity contribution < 1.29 is 14.3 Å². The number of carbonyl (C=O) groups excluding carboxylic acids is 1. The molecule has 30 heavy (non-hydrogen) atoms. The zero-order valence-electron chi connectivity index (χ0n) is 17.1.